The minimum Gasteiger partial charge on any atom is -0.497 e. The third kappa shape index (κ3) is 4.01. The van der Waals surface area contributed by atoms with Gasteiger partial charge in [0.15, 0.2) is 0 Å². The van der Waals surface area contributed by atoms with E-state index in [1.807, 2.05) is 18.2 Å². The molecule has 0 fully saturated rings. The topological polar surface area (TPSA) is 44.5 Å². The molecule has 0 aromatic heterocycles. The highest BCUT2D eigenvalue weighted by atomic mass is 16.5. The molecule has 118 valence electrons. The van der Waals surface area contributed by atoms with Gasteiger partial charge in [0.2, 0.25) is 0 Å². The fourth-order valence-electron chi connectivity index (χ4n) is 2.53. The lowest BCUT2D eigenvalue weighted by atomic mass is 9.96. The third-order valence-corrected chi connectivity index (χ3v) is 3.72. The Bertz CT molecular complexity index is 583. The van der Waals surface area contributed by atoms with Gasteiger partial charge < -0.3 is 15.2 Å². The van der Waals surface area contributed by atoms with Crippen LogP contribution >= 0.6 is 0 Å². The highest BCUT2D eigenvalue weighted by Gasteiger charge is 2.12. The lowest BCUT2D eigenvalue weighted by molar-refractivity contribution is 0.393. The summed E-state index contributed by atoms with van der Waals surface area (Å²) in [7, 11) is 3.29. The molecule has 22 heavy (non-hydrogen) atoms. The van der Waals surface area contributed by atoms with Crippen molar-refractivity contribution >= 4 is 0 Å². The maximum atomic E-state index is 6.40. The van der Waals surface area contributed by atoms with Crippen molar-refractivity contribution in [2.24, 2.45) is 11.7 Å². The molecular weight excluding hydrogens is 274 g/mol. The summed E-state index contributed by atoms with van der Waals surface area (Å²) in [6.45, 7) is 4.45. The molecule has 0 aliphatic carbocycles. The van der Waals surface area contributed by atoms with E-state index in [9.17, 15) is 0 Å². The van der Waals surface area contributed by atoms with Crippen LogP contribution in [-0.4, -0.2) is 14.2 Å². The molecule has 2 rings (SSSR count). The van der Waals surface area contributed by atoms with E-state index >= 15 is 0 Å². The van der Waals surface area contributed by atoms with E-state index in [0.29, 0.717) is 5.92 Å². The Morgan fingerprint density at radius 1 is 0.864 bits per heavy atom. The van der Waals surface area contributed by atoms with Gasteiger partial charge in [0.1, 0.15) is 11.5 Å². The summed E-state index contributed by atoms with van der Waals surface area (Å²) < 4.78 is 10.6. The summed E-state index contributed by atoms with van der Waals surface area (Å²) in [5, 5.41) is 0. The summed E-state index contributed by atoms with van der Waals surface area (Å²) in [6.07, 6.45) is 1.09. The van der Waals surface area contributed by atoms with Crippen LogP contribution in [0.5, 0.6) is 11.5 Å². The molecule has 0 heterocycles. The summed E-state index contributed by atoms with van der Waals surface area (Å²) in [5.41, 5.74) is 9.81. The van der Waals surface area contributed by atoms with Gasteiger partial charge in [-0.2, -0.15) is 0 Å². The minimum atomic E-state index is -0.197. The third-order valence-electron chi connectivity index (χ3n) is 3.72. The second kappa shape index (κ2) is 7.32. The normalized spacial score (nSPS) is 12.3. The fraction of sp³-hybridized carbons (Fsp3) is 0.368. The first-order chi connectivity index (χ1) is 10.5. The zero-order valence-corrected chi connectivity index (χ0v) is 13.8. The number of hydrogen-bond donors (Lipinski definition) is 1. The SMILES string of the molecule is COc1cc(OC)cc(C(N)c2ccc(CC(C)C)cc2)c1. The molecule has 2 N–H and O–H groups in total. The van der Waals surface area contributed by atoms with Crippen LogP contribution in [0.2, 0.25) is 0 Å². The predicted octanol–water partition coefficient (Wildman–Crippen LogP) is 3.95. The first-order valence-electron chi connectivity index (χ1n) is 7.61. The molecular formula is C19H25NO2. The molecule has 3 heteroatoms. The molecule has 1 atom stereocenters. The van der Waals surface area contributed by atoms with Gasteiger partial charge in [-0.25, -0.2) is 0 Å². The molecule has 2 aromatic rings. The van der Waals surface area contributed by atoms with Crippen molar-refractivity contribution in [3.8, 4) is 11.5 Å². The second-order valence-electron chi connectivity index (χ2n) is 5.96. The lowest BCUT2D eigenvalue weighted by Gasteiger charge is -2.16. The van der Waals surface area contributed by atoms with E-state index in [4.69, 9.17) is 15.2 Å². The Hall–Kier alpha value is -2.00. The average Bonchev–Trinajstić information content (AvgIpc) is 2.53. The van der Waals surface area contributed by atoms with E-state index < -0.39 is 0 Å². The van der Waals surface area contributed by atoms with Gasteiger partial charge in [-0.3, -0.25) is 0 Å². The second-order valence-corrected chi connectivity index (χ2v) is 5.96. The van der Waals surface area contributed by atoms with Crippen molar-refractivity contribution in [1.82, 2.24) is 0 Å². The Labute approximate surface area is 133 Å². The van der Waals surface area contributed by atoms with Crippen molar-refractivity contribution in [3.63, 3.8) is 0 Å². The van der Waals surface area contributed by atoms with Crippen LogP contribution in [-0.2, 0) is 6.42 Å². The van der Waals surface area contributed by atoms with E-state index in [1.54, 1.807) is 14.2 Å². The highest BCUT2D eigenvalue weighted by molar-refractivity contribution is 5.43. The van der Waals surface area contributed by atoms with Gasteiger partial charge >= 0.3 is 0 Å². The molecule has 0 saturated carbocycles. The van der Waals surface area contributed by atoms with Crippen LogP contribution in [0.1, 0.15) is 36.6 Å². The summed E-state index contributed by atoms with van der Waals surface area (Å²) in [5.74, 6) is 2.16. The number of nitrogens with two attached hydrogens (primary N) is 1. The van der Waals surface area contributed by atoms with Crippen LogP contribution in [0.4, 0.5) is 0 Å². The molecule has 0 bridgehead atoms. The monoisotopic (exact) mass is 299 g/mol. The first-order valence-corrected chi connectivity index (χ1v) is 7.61. The van der Waals surface area contributed by atoms with E-state index in [-0.39, 0.29) is 6.04 Å². The molecule has 0 aliphatic heterocycles. The van der Waals surface area contributed by atoms with E-state index in [0.717, 1.165) is 29.0 Å². The van der Waals surface area contributed by atoms with Crippen LogP contribution in [0.15, 0.2) is 42.5 Å². The maximum absolute atomic E-state index is 6.40. The van der Waals surface area contributed by atoms with Crippen molar-refractivity contribution in [2.75, 3.05) is 14.2 Å². The molecule has 0 radical (unpaired) electrons. The molecule has 0 saturated heterocycles. The zero-order valence-electron chi connectivity index (χ0n) is 13.8. The van der Waals surface area contributed by atoms with Crippen LogP contribution in [0.25, 0.3) is 0 Å². The molecule has 0 spiro atoms. The molecule has 2 aromatic carbocycles. The first kappa shape index (κ1) is 16.4. The van der Waals surface area contributed by atoms with Gasteiger partial charge in [-0.05, 0) is 41.2 Å². The van der Waals surface area contributed by atoms with Crippen LogP contribution < -0.4 is 15.2 Å². The molecule has 1 unspecified atom stereocenters. The van der Waals surface area contributed by atoms with Gasteiger partial charge in [-0.15, -0.1) is 0 Å². The number of ether oxygens (including phenoxy) is 2. The fourth-order valence-corrected chi connectivity index (χ4v) is 2.53. The van der Waals surface area contributed by atoms with Crippen LogP contribution in [0, 0.1) is 5.92 Å². The summed E-state index contributed by atoms with van der Waals surface area (Å²) >= 11 is 0. The Morgan fingerprint density at radius 3 is 1.86 bits per heavy atom. The average molecular weight is 299 g/mol. The highest BCUT2D eigenvalue weighted by Crippen LogP contribution is 2.28. The quantitative estimate of drug-likeness (QED) is 0.878. The smallest absolute Gasteiger partial charge is 0.122 e. The van der Waals surface area contributed by atoms with Gasteiger partial charge in [0.05, 0.1) is 20.3 Å². The Balaban J connectivity index is 2.25. The zero-order chi connectivity index (χ0) is 16.1. The molecule has 0 amide bonds. The summed E-state index contributed by atoms with van der Waals surface area (Å²) in [4.78, 5) is 0. The van der Waals surface area contributed by atoms with Crippen molar-refractivity contribution in [3.05, 3.63) is 59.2 Å². The molecule has 0 aliphatic rings. The molecule has 3 nitrogen and oxygen atoms in total. The van der Waals surface area contributed by atoms with Crippen molar-refractivity contribution in [2.45, 2.75) is 26.3 Å². The number of hydrogen-bond acceptors (Lipinski definition) is 3. The van der Waals surface area contributed by atoms with Gasteiger partial charge in [-0.1, -0.05) is 38.1 Å². The maximum Gasteiger partial charge on any atom is 0.122 e. The predicted molar refractivity (Wildman–Crippen MR) is 90.6 cm³/mol. The number of benzene rings is 2. The standard InChI is InChI=1S/C19H25NO2/c1-13(2)9-14-5-7-15(8-6-14)19(20)16-10-17(21-3)12-18(11-16)22-4/h5-8,10-13,19H,9,20H2,1-4H3. The lowest BCUT2D eigenvalue weighted by Crippen LogP contribution is -2.12. The number of rotatable bonds is 6. The van der Waals surface area contributed by atoms with Crippen LogP contribution in [0.3, 0.4) is 0 Å². The largest absolute Gasteiger partial charge is 0.497 e. The number of methoxy groups -OCH3 is 2. The van der Waals surface area contributed by atoms with E-state index in [1.165, 1.54) is 5.56 Å². The Morgan fingerprint density at radius 2 is 1.41 bits per heavy atom. The summed E-state index contributed by atoms with van der Waals surface area (Å²) in [6, 6.07) is 14.1. The van der Waals surface area contributed by atoms with Gasteiger partial charge in [0.25, 0.3) is 0 Å². The van der Waals surface area contributed by atoms with E-state index in [2.05, 4.69) is 38.1 Å². The van der Waals surface area contributed by atoms with Gasteiger partial charge in [0, 0.05) is 6.07 Å². The Kier molecular flexibility index (Phi) is 5.45. The minimum absolute atomic E-state index is 0.197. The van der Waals surface area contributed by atoms with Crippen molar-refractivity contribution in [1.29, 1.82) is 0 Å². The van der Waals surface area contributed by atoms with Crippen molar-refractivity contribution < 1.29 is 9.47 Å².